The van der Waals surface area contributed by atoms with Gasteiger partial charge in [0.15, 0.2) is 5.69 Å². The molecule has 5 nitrogen and oxygen atoms in total. The number of hydrogen-bond acceptors (Lipinski definition) is 3. The first-order valence-corrected chi connectivity index (χ1v) is 9.31. The third-order valence-electron chi connectivity index (χ3n) is 4.38. The second-order valence-electron chi connectivity index (χ2n) is 7.71. The Hall–Kier alpha value is -2.43. The molecule has 2 aromatic rings. The molecular formula is C21H30N4O. The molecule has 0 aliphatic heterocycles. The first kappa shape index (κ1) is 19.9. The molecule has 0 saturated heterocycles. The Labute approximate surface area is 156 Å². The number of carbonyl (C=O) groups excluding carboxylic acids is 1. The Kier molecular flexibility index (Phi) is 6.72. The number of nitrogens with zero attached hydrogens (tertiary/aromatic N) is 2. The maximum atomic E-state index is 12.2. The van der Waals surface area contributed by atoms with E-state index in [1.165, 1.54) is 24.8 Å². The molecule has 26 heavy (non-hydrogen) atoms. The Bertz CT molecular complexity index is 751. The smallest absolute Gasteiger partial charge is 0.281 e. The quantitative estimate of drug-likeness (QED) is 0.433. The number of aromatic nitrogens is 2. The fraction of sp³-hybridized carbons (Fsp3) is 0.476. The molecule has 1 aromatic carbocycles. The maximum Gasteiger partial charge on any atom is 0.291 e. The fourth-order valence-corrected chi connectivity index (χ4v) is 2.57. The Balaban J connectivity index is 1.96. The van der Waals surface area contributed by atoms with Crippen LogP contribution in [-0.4, -0.2) is 21.8 Å². The van der Waals surface area contributed by atoms with Crippen LogP contribution in [0.2, 0.25) is 0 Å². The summed E-state index contributed by atoms with van der Waals surface area (Å²) in [6.45, 7) is 10.3. The Morgan fingerprint density at radius 1 is 1.19 bits per heavy atom. The van der Waals surface area contributed by atoms with Crippen LogP contribution < -0.4 is 5.43 Å². The number of nitrogens with one attached hydrogen (secondary N) is 2. The molecule has 140 valence electrons. The van der Waals surface area contributed by atoms with Gasteiger partial charge in [0, 0.05) is 11.1 Å². The van der Waals surface area contributed by atoms with Crippen molar-refractivity contribution >= 4 is 11.6 Å². The number of hydrogen-bond donors (Lipinski definition) is 2. The van der Waals surface area contributed by atoms with Crippen LogP contribution in [0.3, 0.4) is 0 Å². The van der Waals surface area contributed by atoms with Crippen molar-refractivity contribution < 1.29 is 4.79 Å². The van der Waals surface area contributed by atoms with Crippen LogP contribution in [-0.2, 0) is 11.8 Å². The minimum Gasteiger partial charge on any atom is -0.281 e. The van der Waals surface area contributed by atoms with Gasteiger partial charge in [-0.25, -0.2) is 5.43 Å². The summed E-state index contributed by atoms with van der Waals surface area (Å²) >= 11 is 0. The van der Waals surface area contributed by atoms with Gasteiger partial charge in [-0.1, -0.05) is 64.8 Å². The van der Waals surface area contributed by atoms with Crippen LogP contribution in [0.4, 0.5) is 0 Å². The maximum absolute atomic E-state index is 12.2. The number of H-pyrrole nitrogens is 1. The second-order valence-corrected chi connectivity index (χ2v) is 7.71. The summed E-state index contributed by atoms with van der Waals surface area (Å²) in [5.41, 5.74) is 6.88. The second kappa shape index (κ2) is 8.79. The molecule has 1 amide bonds. The highest BCUT2D eigenvalue weighted by Crippen LogP contribution is 2.20. The third kappa shape index (κ3) is 5.55. The van der Waals surface area contributed by atoms with Gasteiger partial charge in [-0.05, 0) is 37.0 Å². The fourth-order valence-electron chi connectivity index (χ4n) is 2.57. The molecule has 0 aliphatic rings. The number of unbranched alkanes of at least 4 members (excludes halogenated alkanes) is 2. The van der Waals surface area contributed by atoms with E-state index in [-0.39, 0.29) is 11.3 Å². The van der Waals surface area contributed by atoms with Crippen molar-refractivity contribution in [1.82, 2.24) is 15.6 Å². The van der Waals surface area contributed by atoms with Crippen molar-refractivity contribution in [1.29, 1.82) is 0 Å². The predicted molar refractivity (Wildman–Crippen MR) is 107 cm³/mol. The van der Waals surface area contributed by atoms with Crippen LogP contribution in [0, 0.1) is 0 Å². The molecule has 0 saturated carbocycles. The lowest BCUT2D eigenvalue weighted by Gasteiger charge is -2.14. The molecule has 0 bridgehead atoms. The van der Waals surface area contributed by atoms with Gasteiger partial charge >= 0.3 is 0 Å². The first-order valence-electron chi connectivity index (χ1n) is 9.31. The first-order chi connectivity index (χ1) is 12.3. The van der Waals surface area contributed by atoms with Crippen LogP contribution >= 0.6 is 0 Å². The highest BCUT2D eigenvalue weighted by Gasteiger charge is 2.19. The standard InChI is InChI=1S/C21H30N4O/c1-6-7-8-9-16-10-12-17(13-11-16)15(2)22-25-20(26)18-14-19(24-23-18)21(3,4)5/h10-14H,6-9H2,1-5H3,(H,23,24)(H,25,26)/b22-15+. The molecule has 0 radical (unpaired) electrons. The number of carbonyl (C=O) groups is 1. The minimum atomic E-state index is -0.313. The zero-order valence-corrected chi connectivity index (χ0v) is 16.5. The lowest BCUT2D eigenvalue weighted by atomic mass is 9.92. The van der Waals surface area contributed by atoms with Gasteiger partial charge in [0.1, 0.15) is 0 Å². The third-order valence-corrected chi connectivity index (χ3v) is 4.38. The summed E-state index contributed by atoms with van der Waals surface area (Å²) in [5, 5.41) is 11.2. The zero-order chi connectivity index (χ0) is 19.2. The number of aryl methyl sites for hydroxylation is 1. The van der Waals surface area contributed by atoms with Gasteiger partial charge in [0.05, 0.1) is 5.71 Å². The van der Waals surface area contributed by atoms with E-state index in [1.54, 1.807) is 6.07 Å². The number of amides is 1. The summed E-state index contributed by atoms with van der Waals surface area (Å²) in [5.74, 6) is -0.313. The number of rotatable bonds is 7. The largest absolute Gasteiger partial charge is 0.291 e. The van der Waals surface area contributed by atoms with Crippen molar-refractivity contribution in [2.24, 2.45) is 5.10 Å². The topological polar surface area (TPSA) is 70.1 Å². The number of hydrazone groups is 1. The molecular weight excluding hydrogens is 324 g/mol. The number of aromatic amines is 1. The highest BCUT2D eigenvalue weighted by molar-refractivity contribution is 6.00. The SMILES string of the molecule is CCCCCc1ccc(/C(C)=N/NC(=O)c2cc(C(C)(C)C)[nH]n2)cc1. The van der Waals surface area contributed by atoms with Gasteiger partial charge in [0.25, 0.3) is 5.91 Å². The summed E-state index contributed by atoms with van der Waals surface area (Å²) in [6.07, 6.45) is 4.82. The van der Waals surface area contributed by atoms with E-state index >= 15 is 0 Å². The normalized spacial score (nSPS) is 12.3. The lowest BCUT2D eigenvalue weighted by molar-refractivity contribution is 0.0950. The van der Waals surface area contributed by atoms with Crippen LogP contribution in [0.25, 0.3) is 0 Å². The van der Waals surface area contributed by atoms with Crippen molar-refractivity contribution in [2.75, 3.05) is 0 Å². The van der Waals surface area contributed by atoms with Crippen LogP contribution in [0.15, 0.2) is 35.4 Å². The molecule has 1 heterocycles. The molecule has 5 heteroatoms. The van der Waals surface area contributed by atoms with Gasteiger partial charge in [0.2, 0.25) is 0 Å². The summed E-state index contributed by atoms with van der Waals surface area (Å²) < 4.78 is 0. The van der Waals surface area contributed by atoms with E-state index in [9.17, 15) is 4.79 Å². The van der Waals surface area contributed by atoms with E-state index < -0.39 is 0 Å². The lowest BCUT2D eigenvalue weighted by Crippen LogP contribution is -2.19. The van der Waals surface area contributed by atoms with Crippen LogP contribution in [0.1, 0.15) is 81.2 Å². The predicted octanol–water partition coefficient (Wildman–Crippen LogP) is 4.59. The van der Waals surface area contributed by atoms with Crippen molar-refractivity contribution in [3.63, 3.8) is 0 Å². The zero-order valence-electron chi connectivity index (χ0n) is 16.5. The molecule has 0 aliphatic carbocycles. The minimum absolute atomic E-state index is 0.0798. The van der Waals surface area contributed by atoms with Crippen molar-refractivity contribution in [3.05, 3.63) is 52.8 Å². The van der Waals surface area contributed by atoms with Gasteiger partial charge < -0.3 is 0 Å². The monoisotopic (exact) mass is 354 g/mol. The molecule has 0 atom stereocenters. The summed E-state index contributed by atoms with van der Waals surface area (Å²) in [6, 6.07) is 10.1. The molecule has 2 rings (SSSR count). The van der Waals surface area contributed by atoms with E-state index in [1.807, 2.05) is 6.92 Å². The van der Waals surface area contributed by atoms with Crippen LogP contribution in [0.5, 0.6) is 0 Å². The van der Waals surface area contributed by atoms with Gasteiger partial charge in [-0.2, -0.15) is 10.2 Å². The van der Waals surface area contributed by atoms with Gasteiger partial charge in [-0.3, -0.25) is 9.89 Å². The van der Waals surface area contributed by atoms with Crippen molar-refractivity contribution in [3.8, 4) is 0 Å². The average molecular weight is 354 g/mol. The van der Waals surface area contributed by atoms with E-state index in [0.717, 1.165) is 23.4 Å². The summed E-state index contributed by atoms with van der Waals surface area (Å²) in [7, 11) is 0. The Morgan fingerprint density at radius 2 is 1.88 bits per heavy atom. The van der Waals surface area contributed by atoms with Gasteiger partial charge in [-0.15, -0.1) is 0 Å². The highest BCUT2D eigenvalue weighted by atomic mass is 16.2. The Morgan fingerprint density at radius 3 is 2.46 bits per heavy atom. The molecule has 1 aromatic heterocycles. The van der Waals surface area contributed by atoms with E-state index in [4.69, 9.17) is 0 Å². The molecule has 2 N–H and O–H groups in total. The molecule has 0 fully saturated rings. The molecule has 0 spiro atoms. The van der Waals surface area contributed by atoms with Crippen molar-refractivity contribution in [2.45, 2.75) is 65.7 Å². The summed E-state index contributed by atoms with van der Waals surface area (Å²) in [4.78, 5) is 12.2. The number of benzene rings is 1. The van der Waals surface area contributed by atoms with E-state index in [0.29, 0.717) is 5.69 Å². The van der Waals surface area contributed by atoms with E-state index in [2.05, 4.69) is 72.7 Å². The average Bonchev–Trinajstić information content (AvgIpc) is 3.11. The molecule has 0 unspecified atom stereocenters.